The second kappa shape index (κ2) is 4.01. The van der Waals surface area contributed by atoms with Gasteiger partial charge in [-0.1, -0.05) is 23.2 Å². The van der Waals surface area contributed by atoms with Crippen molar-refractivity contribution in [3.63, 3.8) is 0 Å². The average molecular weight is 224 g/mol. The number of hydrogen-bond donors (Lipinski definition) is 0. The molecule has 0 bridgehead atoms. The molecule has 0 fully saturated rings. The molecule has 0 aromatic heterocycles. The van der Waals surface area contributed by atoms with Crippen LogP contribution in [0.25, 0.3) is 0 Å². The summed E-state index contributed by atoms with van der Waals surface area (Å²) in [5.41, 5.74) is 0. The van der Waals surface area contributed by atoms with Crippen LogP contribution in [0.2, 0.25) is 0 Å². The first-order chi connectivity index (χ1) is 4.36. The topological polar surface area (TPSA) is 17.1 Å². The van der Waals surface area contributed by atoms with E-state index in [1.54, 1.807) is 0 Å². The minimum absolute atomic E-state index is 0.0340. The number of rotatable bonds is 3. The first kappa shape index (κ1) is 10.8. The van der Waals surface area contributed by atoms with Gasteiger partial charge in [-0.25, -0.2) is 0 Å². The van der Waals surface area contributed by atoms with Crippen LogP contribution in [0.1, 0.15) is 13.3 Å². The Morgan fingerprint density at radius 1 is 1.50 bits per heavy atom. The van der Waals surface area contributed by atoms with Crippen LogP contribution in [0.3, 0.4) is 0 Å². The zero-order valence-corrected chi connectivity index (χ0v) is 8.23. The second-order valence-corrected chi connectivity index (χ2v) is 4.58. The minimum Gasteiger partial charge on any atom is -0.300 e. The van der Waals surface area contributed by atoms with Gasteiger partial charge in [0.15, 0.2) is 4.33 Å². The van der Waals surface area contributed by atoms with Gasteiger partial charge in [0, 0.05) is 6.42 Å². The number of hydrogen-bond acceptors (Lipinski definition) is 1. The van der Waals surface area contributed by atoms with Gasteiger partial charge in [-0.2, -0.15) is 0 Å². The highest BCUT2D eigenvalue weighted by Crippen LogP contribution is 2.35. The Morgan fingerprint density at radius 2 is 1.90 bits per heavy atom. The third-order valence-electron chi connectivity index (χ3n) is 0.804. The van der Waals surface area contributed by atoms with Crippen LogP contribution in [-0.4, -0.2) is 15.0 Å². The molecule has 0 saturated heterocycles. The molecule has 10 heavy (non-hydrogen) atoms. The summed E-state index contributed by atoms with van der Waals surface area (Å²) >= 11 is 21.8. The molecule has 60 valence electrons. The van der Waals surface area contributed by atoms with Crippen molar-refractivity contribution >= 4 is 52.2 Å². The Morgan fingerprint density at radius 3 is 2.00 bits per heavy atom. The zero-order valence-electron chi connectivity index (χ0n) is 5.20. The molecule has 0 unspecified atom stereocenters. The lowest BCUT2D eigenvalue weighted by Crippen LogP contribution is -2.24. The zero-order chi connectivity index (χ0) is 8.36. The molecule has 5 heteroatoms. The standard InChI is InChI=1S/C5H6Cl4O/c1-3(10)2-5(8,9)4(6)7/h4H,2H2,1H3. The molecule has 0 aliphatic rings. The first-order valence-electron chi connectivity index (χ1n) is 2.51. The van der Waals surface area contributed by atoms with Crippen molar-refractivity contribution in [2.75, 3.05) is 0 Å². The van der Waals surface area contributed by atoms with Gasteiger partial charge in [-0.05, 0) is 6.92 Å². The van der Waals surface area contributed by atoms with E-state index in [1.807, 2.05) is 0 Å². The predicted molar refractivity (Wildman–Crippen MR) is 45.2 cm³/mol. The normalized spacial score (nSPS) is 12.2. The van der Waals surface area contributed by atoms with Crippen molar-refractivity contribution < 1.29 is 4.79 Å². The SMILES string of the molecule is CC(=O)CC(Cl)(Cl)C(Cl)Cl. The lowest BCUT2D eigenvalue weighted by atomic mass is 10.2. The van der Waals surface area contributed by atoms with Crippen LogP contribution < -0.4 is 0 Å². The second-order valence-electron chi connectivity index (χ2n) is 1.94. The molecule has 0 N–H and O–H groups in total. The number of Topliss-reactive ketones (excluding diaryl/α,β-unsaturated/α-hetero) is 1. The molecule has 1 nitrogen and oxygen atoms in total. The Bertz CT molecular complexity index is 132. The van der Waals surface area contributed by atoms with Crippen LogP contribution >= 0.6 is 46.4 Å². The van der Waals surface area contributed by atoms with E-state index >= 15 is 0 Å². The number of halogens is 4. The van der Waals surface area contributed by atoms with Gasteiger partial charge in [0.2, 0.25) is 0 Å². The fraction of sp³-hybridized carbons (Fsp3) is 0.800. The van der Waals surface area contributed by atoms with Gasteiger partial charge in [-0.15, -0.1) is 23.2 Å². The Balaban J connectivity index is 3.99. The average Bonchev–Trinajstić information content (AvgIpc) is 1.60. The maximum atomic E-state index is 10.5. The molecule has 0 spiro atoms. The van der Waals surface area contributed by atoms with E-state index in [-0.39, 0.29) is 12.2 Å². The summed E-state index contributed by atoms with van der Waals surface area (Å²) in [4.78, 5) is 9.53. The number of ketones is 1. The van der Waals surface area contributed by atoms with Gasteiger partial charge in [0.25, 0.3) is 0 Å². The van der Waals surface area contributed by atoms with Crippen LogP contribution in [-0.2, 0) is 4.79 Å². The van der Waals surface area contributed by atoms with Crippen LogP contribution in [0, 0.1) is 0 Å². The maximum absolute atomic E-state index is 10.5. The summed E-state index contributed by atoms with van der Waals surface area (Å²) in [6, 6.07) is 0. The highest BCUT2D eigenvalue weighted by atomic mass is 35.5. The molecule has 0 rings (SSSR count). The molecule has 0 saturated carbocycles. The van der Waals surface area contributed by atoms with Gasteiger partial charge in [0.05, 0.1) is 0 Å². The molecule has 0 amide bonds. The molecule has 0 radical (unpaired) electrons. The van der Waals surface area contributed by atoms with Gasteiger partial charge < -0.3 is 0 Å². The Labute approximate surface area is 79.6 Å². The molecule has 0 atom stereocenters. The van der Waals surface area contributed by atoms with E-state index < -0.39 is 9.17 Å². The molecule has 0 aromatic rings. The fourth-order valence-corrected chi connectivity index (χ4v) is 0.940. The Hall–Kier alpha value is 0.830. The number of carbonyl (C=O) groups is 1. The summed E-state index contributed by atoms with van der Waals surface area (Å²) in [6.07, 6.45) is -0.0340. The summed E-state index contributed by atoms with van der Waals surface area (Å²) < 4.78 is -1.35. The van der Waals surface area contributed by atoms with Crippen molar-refractivity contribution in [3.05, 3.63) is 0 Å². The number of carbonyl (C=O) groups excluding carboxylic acids is 1. The van der Waals surface area contributed by atoms with Crippen molar-refractivity contribution in [1.29, 1.82) is 0 Å². The monoisotopic (exact) mass is 222 g/mol. The van der Waals surface area contributed by atoms with Crippen molar-refractivity contribution in [3.8, 4) is 0 Å². The van der Waals surface area contributed by atoms with Gasteiger partial charge in [0.1, 0.15) is 10.6 Å². The van der Waals surface area contributed by atoms with Crippen molar-refractivity contribution in [2.45, 2.75) is 22.5 Å². The molecule has 0 aliphatic heterocycles. The van der Waals surface area contributed by atoms with Crippen molar-refractivity contribution in [2.24, 2.45) is 0 Å². The van der Waals surface area contributed by atoms with E-state index in [0.29, 0.717) is 0 Å². The molecular formula is C5H6Cl4O. The van der Waals surface area contributed by atoms with E-state index in [1.165, 1.54) is 6.92 Å². The summed E-state index contributed by atoms with van der Waals surface area (Å²) in [5, 5.41) is 0. The predicted octanol–water partition coefficient (Wildman–Crippen LogP) is 2.94. The van der Waals surface area contributed by atoms with Gasteiger partial charge in [-0.3, -0.25) is 4.79 Å². The Kier molecular flexibility index (Phi) is 4.34. The first-order valence-corrected chi connectivity index (χ1v) is 4.14. The molecule has 0 aromatic carbocycles. The van der Waals surface area contributed by atoms with Crippen LogP contribution in [0.15, 0.2) is 0 Å². The highest BCUT2D eigenvalue weighted by molar-refractivity contribution is 6.60. The van der Waals surface area contributed by atoms with E-state index in [4.69, 9.17) is 46.4 Å². The summed E-state index contributed by atoms with van der Waals surface area (Å²) in [5.74, 6) is -0.142. The van der Waals surface area contributed by atoms with Crippen LogP contribution in [0.5, 0.6) is 0 Å². The molecular weight excluding hydrogens is 218 g/mol. The fourth-order valence-electron chi connectivity index (χ4n) is 0.409. The molecule has 0 heterocycles. The molecule has 0 aliphatic carbocycles. The largest absolute Gasteiger partial charge is 0.300 e. The quantitative estimate of drug-likeness (QED) is 0.673. The lowest BCUT2D eigenvalue weighted by molar-refractivity contribution is -0.117. The maximum Gasteiger partial charge on any atom is 0.155 e. The van der Waals surface area contributed by atoms with E-state index in [0.717, 1.165) is 0 Å². The number of alkyl halides is 4. The lowest BCUT2D eigenvalue weighted by Gasteiger charge is -2.18. The third kappa shape index (κ3) is 3.87. The summed E-state index contributed by atoms with van der Waals surface area (Å²) in [7, 11) is 0. The van der Waals surface area contributed by atoms with E-state index in [2.05, 4.69) is 0 Å². The highest BCUT2D eigenvalue weighted by Gasteiger charge is 2.33. The smallest absolute Gasteiger partial charge is 0.155 e. The minimum atomic E-state index is -1.35. The van der Waals surface area contributed by atoms with E-state index in [9.17, 15) is 4.79 Å². The third-order valence-corrected chi connectivity index (χ3v) is 2.70. The van der Waals surface area contributed by atoms with Gasteiger partial charge >= 0.3 is 0 Å². The van der Waals surface area contributed by atoms with Crippen LogP contribution in [0.4, 0.5) is 0 Å². The summed E-state index contributed by atoms with van der Waals surface area (Å²) in [6.45, 7) is 1.37. The van der Waals surface area contributed by atoms with Crippen molar-refractivity contribution in [1.82, 2.24) is 0 Å².